The first-order chi connectivity index (χ1) is 8.59. The maximum absolute atomic E-state index is 13.6. The molecule has 0 fully saturated rings. The summed E-state index contributed by atoms with van der Waals surface area (Å²) in [4.78, 5) is 0. The lowest BCUT2D eigenvalue weighted by atomic mass is 10.1. The van der Waals surface area contributed by atoms with Crippen molar-refractivity contribution in [1.29, 1.82) is 0 Å². The Hall–Kier alpha value is -1.75. The fraction of sp³-hybridized carbons (Fsp3) is 0.308. The molecule has 0 amide bonds. The maximum Gasteiger partial charge on any atom is 0.163 e. The van der Waals surface area contributed by atoms with Gasteiger partial charge in [0.1, 0.15) is 0 Å². The molecule has 0 bridgehead atoms. The third kappa shape index (κ3) is 2.56. The van der Waals surface area contributed by atoms with E-state index in [4.69, 9.17) is 0 Å². The summed E-state index contributed by atoms with van der Waals surface area (Å²) in [7, 11) is 1.84. The van der Waals surface area contributed by atoms with Crippen molar-refractivity contribution in [3.8, 4) is 0 Å². The third-order valence-corrected chi connectivity index (χ3v) is 2.96. The van der Waals surface area contributed by atoms with Crippen molar-refractivity contribution in [2.45, 2.75) is 19.5 Å². The first kappa shape index (κ1) is 12.7. The van der Waals surface area contributed by atoms with Gasteiger partial charge < -0.3 is 5.32 Å². The van der Waals surface area contributed by atoms with Crippen molar-refractivity contribution >= 4 is 0 Å². The average Bonchev–Trinajstić information content (AvgIpc) is 2.75. The van der Waals surface area contributed by atoms with Gasteiger partial charge in [-0.05, 0) is 19.1 Å². The Morgan fingerprint density at radius 3 is 2.78 bits per heavy atom. The first-order valence-electron chi connectivity index (χ1n) is 5.73. The minimum atomic E-state index is -0.818. The molecule has 1 aromatic carbocycles. The average molecular weight is 251 g/mol. The lowest BCUT2D eigenvalue weighted by molar-refractivity contribution is 0.469. The van der Waals surface area contributed by atoms with E-state index in [2.05, 4.69) is 10.4 Å². The van der Waals surface area contributed by atoms with Crippen LogP contribution in [0, 0.1) is 11.6 Å². The molecule has 2 aromatic rings. The molecule has 2 rings (SSSR count). The zero-order valence-electron chi connectivity index (χ0n) is 10.3. The highest BCUT2D eigenvalue weighted by Crippen LogP contribution is 2.19. The van der Waals surface area contributed by atoms with Crippen LogP contribution in [0.3, 0.4) is 0 Å². The van der Waals surface area contributed by atoms with Crippen molar-refractivity contribution in [3.63, 3.8) is 0 Å². The summed E-state index contributed by atoms with van der Waals surface area (Å²) < 4.78 is 28.4. The van der Waals surface area contributed by atoms with Gasteiger partial charge in [-0.3, -0.25) is 4.68 Å². The molecule has 0 saturated carbocycles. The molecule has 1 N–H and O–H groups in total. The van der Waals surface area contributed by atoms with Crippen LogP contribution in [0.2, 0.25) is 0 Å². The largest absolute Gasteiger partial charge is 0.304 e. The lowest BCUT2D eigenvalue weighted by Crippen LogP contribution is -2.21. The molecular weight excluding hydrogens is 236 g/mol. The van der Waals surface area contributed by atoms with Crippen LogP contribution in [0.15, 0.2) is 30.5 Å². The molecular formula is C13H15F2N3. The number of hydrogen-bond donors (Lipinski definition) is 1. The van der Waals surface area contributed by atoms with Crippen LogP contribution in [-0.4, -0.2) is 9.78 Å². The zero-order chi connectivity index (χ0) is 13.1. The zero-order valence-corrected chi connectivity index (χ0v) is 10.3. The molecule has 3 nitrogen and oxygen atoms in total. The van der Waals surface area contributed by atoms with Gasteiger partial charge in [-0.25, -0.2) is 8.78 Å². The molecule has 1 heterocycles. The highest BCUT2D eigenvalue weighted by atomic mass is 19.2. The SMILES string of the molecule is CC(NCc1ccnn1C)c1cccc(F)c1F. The van der Waals surface area contributed by atoms with Crippen LogP contribution < -0.4 is 5.32 Å². The van der Waals surface area contributed by atoms with Crippen LogP contribution in [0.25, 0.3) is 0 Å². The quantitative estimate of drug-likeness (QED) is 0.905. The first-order valence-corrected chi connectivity index (χ1v) is 5.73. The summed E-state index contributed by atoms with van der Waals surface area (Å²) in [6.45, 7) is 2.35. The summed E-state index contributed by atoms with van der Waals surface area (Å²) >= 11 is 0. The molecule has 0 aliphatic heterocycles. The van der Waals surface area contributed by atoms with Crippen molar-refractivity contribution in [2.75, 3.05) is 0 Å². The molecule has 0 aliphatic rings. The summed E-state index contributed by atoms with van der Waals surface area (Å²) in [6.07, 6.45) is 1.70. The molecule has 0 spiro atoms. The van der Waals surface area contributed by atoms with Gasteiger partial charge in [-0.1, -0.05) is 12.1 Å². The van der Waals surface area contributed by atoms with E-state index >= 15 is 0 Å². The van der Waals surface area contributed by atoms with E-state index < -0.39 is 11.6 Å². The fourth-order valence-electron chi connectivity index (χ4n) is 1.80. The molecule has 18 heavy (non-hydrogen) atoms. The summed E-state index contributed by atoms with van der Waals surface area (Å²) in [5, 5.41) is 7.18. The second-order valence-corrected chi connectivity index (χ2v) is 4.19. The molecule has 0 aliphatic carbocycles. The van der Waals surface area contributed by atoms with Crippen LogP contribution in [0.5, 0.6) is 0 Å². The second-order valence-electron chi connectivity index (χ2n) is 4.19. The van der Waals surface area contributed by atoms with Gasteiger partial charge in [0.2, 0.25) is 0 Å². The number of nitrogens with one attached hydrogen (secondary N) is 1. The Labute approximate surface area is 104 Å². The van der Waals surface area contributed by atoms with Crippen molar-refractivity contribution in [1.82, 2.24) is 15.1 Å². The molecule has 0 saturated heterocycles. The number of rotatable bonds is 4. The highest BCUT2D eigenvalue weighted by Gasteiger charge is 2.13. The van der Waals surface area contributed by atoms with Gasteiger partial charge in [0.15, 0.2) is 11.6 Å². The van der Waals surface area contributed by atoms with Crippen LogP contribution in [0.1, 0.15) is 24.2 Å². The van der Waals surface area contributed by atoms with Gasteiger partial charge in [-0.2, -0.15) is 5.10 Å². The molecule has 1 unspecified atom stereocenters. The van der Waals surface area contributed by atoms with E-state index in [-0.39, 0.29) is 6.04 Å². The van der Waals surface area contributed by atoms with E-state index in [1.54, 1.807) is 23.9 Å². The fourth-order valence-corrected chi connectivity index (χ4v) is 1.80. The molecule has 1 aromatic heterocycles. The maximum atomic E-state index is 13.6. The Kier molecular flexibility index (Phi) is 3.72. The van der Waals surface area contributed by atoms with Crippen molar-refractivity contribution < 1.29 is 8.78 Å². The van der Waals surface area contributed by atoms with Gasteiger partial charge in [0.25, 0.3) is 0 Å². The van der Waals surface area contributed by atoms with Crippen LogP contribution >= 0.6 is 0 Å². The number of aromatic nitrogens is 2. The van der Waals surface area contributed by atoms with E-state index in [0.717, 1.165) is 11.8 Å². The standard InChI is InChI=1S/C13H15F2N3/c1-9(11-4-3-5-12(14)13(11)15)16-8-10-6-7-17-18(10)2/h3-7,9,16H,8H2,1-2H3. The Morgan fingerprint density at radius 1 is 1.33 bits per heavy atom. The molecule has 5 heteroatoms. The summed E-state index contributed by atoms with van der Waals surface area (Å²) in [5.41, 5.74) is 1.32. The van der Waals surface area contributed by atoms with Crippen molar-refractivity contribution in [2.24, 2.45) is 7.05 Å². The topological polar surface area (TPSA) is 29.9 Å². The van der Waals surface area contributed by atoms with E-state index in [1.807, 2.05) is 13.1 Å². The molecule has 0 radical (unpaired) electrons. The Bertz CT molecular complexity index is 537. The third-order valence-electron chi connectivity index (χ3n) is 2.96. The normalized spacial score (nSPS) is 12.7. The lowest BCUT2D eigenvalue weighted by Gasteiger charge is -2.15. The highest BCUT2D eigenvalue weighted by molar-refractivity contribution is 5.22. The van der Waals surface area contributed by atoms with Gasteiger partial charge >= 0.3 is 0 Å². The van der Waals surface area contributed by atoms with Gasteiger partial charge in [0.05, 0.1) is 5.69 Å². The van der Waals surface area contributed by atoms with Crippen LogP contribution in [-0.2, 0) is 13.6 Å². The number of nitrogens with zero attached hydrogens (tertiary/aromatic N) is 2. The van der Waals surface area contributed by atoms with Gasteiger partial charge in [-0.15, -0.1) is 0 Å². The number of aryl methyl sites for hydroxylation is 1. The van der Waals surface area contributed by atoms with E-state index in [0.29, 0.717) is 12.1 Å². The molecule has 96 valence electrons. The number of hydrogen-bond acceptors (Lipinski definition) is 2. The number of benzene rings is 1. The monoisotopic (exact) mass is 251 g/mol. The minimum Gasteiger partial charge on any atom is -0.304 e. The Morgan fingerprint density at radius 2 is 2.11 bits per heavy atom. The summed E-state index contributed by atoms with van der Waals surface area (Å²) in [6, 6.07) is 5.82. The Balaban J connectivity index is 2.06. The molecule has 1 atom stereocenters. The second kappa shape index (κ2) is 5.27. The summed E-state index contributed by atoms with van der Waals surface area (Å²) in [5.74, 6) is -1.61. The van der Waals surface area contributed by atoms with Crippen molar-refractivity contribution in [3.05, 3.63) is 53.4 Å². The minimum absolute atomic E-state index is 0.268. The van der Waals surface area contributed by atoms with Crippen LogP contribution in [0.4, 0.5) is 8.78 Å². The van der Waals surface area contributed by atoms with E-state index in [9.17, 15) is 8.78 Å². The number of halogens is 2. The predicted octanol–water partition coefficient (Wildman–Crippen LogP) is 2.55. The predicted molar refractivity (Wildman–Crippen MR) is 64.8 cm³/mol. The smallest absolute Gasteiger partial charge is 0.163 e. The van der Waals surface area contributed by atoms with E-state index in [1.165, 1.54) is 6.07 Å². The van der Waals surface area contributed by atoms with Gasteiger partial charge in [0, 0.05) is 31.4 Å².